The molecule has 0 bridgehead atoms. The summed E-state index contributed by atoms with van der Waals surface area (Å²) in [6, 6.07) is 0. The summed E-state index contributed by atoms with van der Waals surface area (Å²) in [6.07, 6.45) is 6.57. The van der Waals surface area contributed by atoms with Crippen LogP contribution in [0.4, 0.5) is 0 Å². The molecule has 3 heteroatoms. The Morgan fingerprint density at radius 3 is 2.56 bits per heavy atom. The molecule has 0 atom stereocenters. The molecule has 0 aromatic heterocycles. The van der Waals surface area contributed by atoms with Crippen molar-refractivity contribution in [3.8, 4) is 0 Å². The second-order valence-electron chi connectivity index (χ2n) is 5.34. The molecule has 0 aromatic rings. The van der Waals surface area contributed by atoms with Crippen LogP contribution in [0.1, 0.15) is 20.3 Å². The molecular formula is C15H21NO2. The highest BCUT2D eigenvalue weighted by molar-refractivity contribution is 6.04. The average Bonchev–Trinajstić information content (AvgIpc) is 2.40. The molecule has 0 unspecified atom stereocenters. The van der Waals surface area contributed by atoms with E-state index in [1.807, 2.05) is 32.1 Å². The number of carbonyl (C=O) groups is 1. The van der Waals surface area contributed by atoms with Crippen molar-refractivity contribution in [3.63, 3.8) is 0 Å². The summed E-state index contributed by atoms with van der Waals surface area (Å²) >= 11 is 0. The minimum absolute atomic E-state index is 0.188. The predicted molar refractivity (Wildman–Crippen MR) is 72.5 cm³/mol. The van der Waals surface area contributed by atoms with Gasteiger partial charge in [-0.3, -0.25) is 9.69 Å². The topological polar surface area (TPSA) is 29.5 Å². The van der Waals surface area contributed by atoms with Gasteiger partial charge in [0.2, 0.25) is 0 Å². The van der Waals surface area contributed by atoms with Gasteiger partial charge < -0.3 is 4.74 Å². The first-order chi connectivity index (χ1) is 8.51. The number of allylic oxidation sites excluding steroid dienone is 4. The average molecular weight is 247 g/mol. The smallest absolute Gasteiger partial charge is 0.182 e. The van der Waals surface area contributed by atoms with Crippen LogP contribution < -0.4 is 0 Å². The van der Waals surface area contributed by atoms with Crippen LogP contribution in [-0.4, -0.2) is 42.5 Å². The monoisotopic (exact) mass is 247 g/mol. The standard InChI is InChI=1S/C15H21NO2/c1-12-4-6-13(7-5-12)14(17)15(2,3)16-8-10-18-11-9-16/h4,6-7H,1,5,8-11H2,2-3H3. The van der Waals surface area contributed by atoms with Crippen molar-refractivity contribution in [2.45, 2.75) is 25.8 Å². The molecule has 18 heavy (non-hydrogen) atoms. The lowest BCUT2D eigenvalue weighted by Gasteiger charge is -2.39. The predicted octanol–water partition coefficient (Wildman–Crippen LogP) is 2.11. The molecule has 1 aliphatic carbocycles. The minimum Gasteiger partial charge on any atom is -0.379 e. The van der Waals surface area contributed by atoms with Crippen molar-refractivity contribution < 1.29 is 9.53 Å². The van der Waals surface area contributed by atoms with Crippen LogP contribution in [0, 0.1) is 0 Å². The van der Waals surface area contributed by atoms with Gasteiger partial charge in [-0.15, -0.1) is 0 Å². The van der Waals surface area contributed by atoms with E-state index in [1.54, 1.807) is 0 Å². The van der Waals surface area contributed by atoms with Crippen LogP contribution in [0.2, 0.25) is 0 Å². The van der Waals surface area contributed by atoms with E-state index in [1.165, 1.54) is 0 Å². The largest absolute Gasteiger partial charge is 0.379 e. The lowest BCUT2D eigenvalue weighted by molar-refractivity contribution is -0.128. The van der Waals surface area contributed by atoms with E-state index in [0.717, 1.165) is 30.7 Å². The highest BCUT2D eigenvalue weighted by Gasteiger charge is 2.36. The van der Waals surface area contributed by atoms with Gasteiger partial charge >= 0.3 is 0 Å². The number of ketones is 1. The third kappa shape index (κ3) is 2.62. The molecule has 0 N–H and O–H groups in total. The second-order valence-corrected chi connectivity index (χ2v) is 5.34. The van der Waals surface area contributed by atoms with E-state index in [0.29, 0.717) is 13.2 Å². The Bertz CT molecular complexity index is 412. The number of carbonyl (C=O) groups excluding carboxylic acids is 1. The fourth-order valence-electron chi connectivity index (χ4n) is 2.37. The second kappa shape index (κ2) is 5.21. The molecule has 1 fully saturated rings. The zero-order valence-electron chi connectivity index (χ0n) is 11.2. The molecule has 98 valence electrons. The van der Waals surface area contributed by atoms with Gasteiger partial charge in [0.15, 0.2) is 5.78 Å². The van der Waals surface area contributed by atoms with Gasteiger partial charge in [0.05, 0.1) is 18.8 Å². The van der Waals surface area contributed by atoms with Gasteiger partial charge in [-0.2, -0.15) is 0 Å². The molecule has 2 rings (SSSR count). The Hall–Kier alpha value is -1.19. The maximum Gasteiger partial charge on any atom is 0.182 e. The Balaban J connectivity index is 2.11. The van der Waals surface area contributed by atoms with Crippen LogP contribution in [0.25, 0.3) is 0 Å². The first kappa shape index (κ1) is 13.2. The molecule has 1 aliphatic heterocycles. The SMILES string of the molecule is C=C1C=CC(C(=O)C(C)(C)N2CCOCC2)=CC1. The maximum atomic E-state index is 12.6. The Morgan fingerprint density at radius 1 is 1.33 bits per heavy atom. The Labute approximate surface area is 109 Å². The molecule has 0 saturated carbocycles. The number of hydrogen-bond donors (Lipinski definition) is 0. The summed E-state index contributed by atoms with van der Waals surface area (Å²) in [7, 11) is 0. The fraction of sp³-hybridized carbons (Fsp3) is 0.533. The zero-order valence-corrected chi connectivity index (χ0v) is 11.2. The van der Waals surface area contributed by atoms with Gasteiger partial charge in [-0.25, -0.2) is 0 Å². The number of ether oxygens (including phenoxy) is 1. The van der Waals surface area contributed by atoms with Crippen molar-refractivity contribution in [2.24, 2.45) is 0 Å². The third-order valence-corrected chi connectivity index (χ3v) is 3.70. The maximum absolute atomic E-state index is 12.6. The lowest BCUT2D eigenvalue weighted by atomic mass is 9.88. The van der Waals surface area contributed by atoms with Crippen LogP contribution in [0.5, 0.6) is 0 Å². The Kier molecular flexibility index (Phi) is 3.83. The number of morpholine rings is 1. The van der Waals surface area contributed by atoms with Crippen LogP contribution in [-0.2, 0) is 9.53 Å². The first-order valence-corrected chi connectivity index (χ1v) is 6.45. The highest BCUT2D eigenvalue weighted by Crippen LogP contribution is 2.24. The van der Waals surface area contributed by atoms with Crippen molar-refractivity contribution in [1.29, 1.82) is 0 Å². The molecule has 0 spiro atoms. The van der Waals surface area contributed by atoms with E-state index in [-0.39, 0.29) is 5.78 Å². The Morgan fingerprint density at radius 2 is 2.00 bits per heavy atom. The van der Waals surface area contributed by atoms with Crippen molar-refractivity contribution >= 4 is 5.78 Å². The molecule has 0 aromatic carbocycles. The first-order valence-electron chi connectivity index (χ1n) is 6.45. The van der Waals surface area contributed by atoms with Crippen molar-refractivity contribution in [1.82, 2.24) is 4.90 Å². The normalized spacial score (nSPS) is 21.9. The minimum atomic E-state index is -0.460. The van der Waals surface area contributed by atoms with E-state index in [2.05, 4.69) is 11.5 Å². The zero-order chi connectivity index (χ0) is 13.2. The van der Waals surface area contributed by atoms with Crippen LogP contribution >= 0.6 is 0 Å². The number of hydrogen-bond acceptors (Lipinski definition) is 3. The van der Waals surface area contributed by atoms with Gasteiger partial charge in [-0.1, -0.05) is 30.4 Å². The lowest BCUT2D eigenvalue weighted by Crippen LogP contribution is -2.54. The van der Waals surface area contributed by atoms with Gasteiger partial charge in [0.25, 0.3) is 0 Å². The summed E-state index contributed by atoms with van der Waals surface area (Å²) in [4.78, 5) is 14.8. The molecular weight excluding hydrogens is 226 g/mol. The van der Waals surface area contributed by atoms with E-state index >= 15 is 0 Å². The molecule has 1 heterocycles. The van der Waals surface area contributed by atoms with Gasteiger partial charge in [0, 0.05) is 18.7 Å². The summed E-state index contributed by atoms with van der Waals surface area (Å²) in [5, 5.41) is 0. The van der Waals surface area contributed by atoms with Crippen molar-refractivity contribution in [3.05, 3.63) is 36.0 Å². The van der Waals surface area contributed by atoms with Gasteiger partial charge in [0.1, 0.15) is 0 Å². The summed E-state index contributed by atoms with van der Waals surface area (Å²) in [6.45, 7) is 11.0. The summed E-state index contributed by atoms with van der Waals surface area (Å²) < 4.78 is 5.34. The van der Waals surface area contributed by atoms with Crippen molar-refractivity contribution in [2.75, 3.05) is 26.3 Å². The molecule has 1 saturated heterocycles. The molecule has 2 aliphatic rings. The van der Waals surface area contributed by atoms with Crippen LogP contribution in [0.15, 0.2) is 36.0 Å². The van der Waals surface area contributed by atoms with Crippen LogP contribution in [0.3, 0.4) is 0 Å². The quantitative estimate of drug-likeness (QED) is 0.765. The number of Topliss-reactive ketones (excluding diaryl/α,β-unsaturated/α-hetero) is 1. The molecule has 3 nitrogen and oxygen atoms in total. The number of nitrogens with zero attached hydrogens (tertiary/aromatic N) is 1. The summed E-state index contributed by atoms with van der Waals surface area (Å²) in [5.41, 5.74) is 1.40. The molecule has 0 radical (unpaired) electrons. The molecule has 0 amide bonds. The van der Waals surface area contributed by atoms with E-state index < -0.39 is 5.54 Å². The van der Waals surface area contributed by atoms with E-state index in [9.17, 15) is 4.79 Å². The van der Waals surface area contributed by atoms with E-state index in [4.69, 9.17) is 4.74 Å². The number of rotatable bonds is 3. The highest BCUT2D eigenvalue weighted by atomic mass is 16.5. The third-order valence-electron chi connectivity index (χ3n) is 3.70. The summed E-state index contributed by atoms with van der Waals surface area (Å²) in [5.74, 6) is 0.188. The fourth-order valence-corrected chi connectivity index (χ4v) is 2.37. The van der Waals surface area contributed by atoms with Gasteiger partial charge in [-0.05, 0) is 20.3 Å².